The van der Waals surface area contributed by atoms with E-state index < -0.39 is 12.0 Å². The zero-order valence-corrected chi connectivity index (χ0v) is 16.4. The van der Waals surface area contributed by atoms with Crippen LogP contribution < -0.4 is 9.64 Å². The molecule has 0 saturated carbocycles. The molecule has 2 aromatic rings. The van der Waals surface area contributed by atoms with Crippen LogP contribution in [0.5, 0.6) is 6.01 Å². The quantitative estimate of drug-likeness (QED) is 0.723. The molecule has 3 aliphatic heterocycles. The normalized spacial score (nSPS) is 29.9. The summed E-state index contributed by atoms with van der Waals surface area (Å²) in [7, 11) is 0. The van der Waals surface area contributed by atoms with Crippen molar-refractivity contribution >= 4 is 28.3 Å². The van der Waals surface area contributed by atoms with Crippen molar-refractivity contribution in [1.82, 2.24) is 19.9 Å². The third-order valence-corrected chi connectivity index (χ3v) is 6.63. The second-order valence-corrected chi connectivity index (χ2v) is 8.34. The van der Waals surface area contributed by atoms with E-state index in [1.165, 1.54) is 6.20 Å². The fourth-order valence-corrected chi connectivity index (χ4v) is 4.84. The van der Waals surface area contributed by atoms with E-state index in [4.69, 9.17) is 16.3 Å². The van der Waals surface area contributed by atoms with E-state index in [2.05, 4.69) is 31.7 Å². The van der Waals surface area contributed by atoms with Gasteiger partial charge >= 0.3 is 6.01 Å². The first-order valence-electron chi connectivity index (χ1n) is 9.82. The maximum atomic E-state index is 14.6. The molecule has 0 radical (unpaired) electrons. The summed E-state index contributed by atoms with van der Waals surface area (Å²) in [6, 6.07) is 0.566. The van der Waals surface area contributed by atoms with Crippen LogP contribution in [-0.4, -0.2) is 64.3 Å². The van der Waals surface area contributed by atoms with Crippen LogP contribution in [0.1, 0.15) is 26.2 Å². The molecule has 28 heavy (non-hydrogen) atoms. The summed E-state index contributed by atoms with van der Waals surface area (Å²) < 4.78 is 34.6. The van der Waals surface area contributed by atoms with Gasteiger partial charge in [0.1, 0.15) is 17.5 Å². The largest absolute Gasteiger partial charge is 0.463 e. The van der Waals surface area contributed by atoms with E-state index in [0.717, 1.165) is 32.4 Å². The van der Waals surface area contributed by atoms with Gasteiger partial charge < -0.3 is 9.64 Å². The fourth-order valence-electron chi connectivity index (χ4n) is 4.67. The number of hydrogen-bond donors (Lipinski definition) is 0. The van der Waals surface area contributed by atoms with Crippen LogP contribution in [0.4, 0.5) is 14.6 Å². The Morgan fingerprint density at radius 2 is 2.14 bits per heavy atom. The highest BCUT2D eigenvalue weighted by molar-refractivity contribution is 6.30. The van der Waals surface area contributed by atoms with Crippen molar-refractivity contribution in [2.45, 2.75) is 44.4 Å². The second kappa shape index (κ2) is 6.91. The van der Waals surface area contributed by atoms with Crippen molar-refractivity contribution in [3.05, 3.63) is 17.2 Å². The molecule has 3 saturated heterocycles. The number of ether oxygens (including phenoxy) is 1. The van der Waals surface area contributed by atoms with Gasteiger partial charge in [-0.05, 0) is 32.7 Å². The maximum Gasteiger partial charge on any atom is 0.317 e. The van der Waals surface area contributed by atoms with Gasteiger partial charge in [-0.25, -0.2) is 18.7 Å². The molecule has 150 valence electrons. The molecule has 2 aromatic heterocycles. The Balaban J connectivity index is 1.41. The molecule has 0 bridgehead atoms. The second-order valence-electron chi connectivity index (χ2n) is 7.98. The van der Waals surface area contributed by atoms with Crippen LogP contribution in [0.15, 0.2) is 6.20 Å². The summed E-state index contributed by atoms with van der Waals surface area (Å²) in [4.78, 5) is 16.9. The summed E-state index contributed by atoms with van der Waals surface area (Å²) >= 11 is 6.01. The first-order chi connectivity index (χ1) is 13.5. The van der Waals surface area contributed by atoms with Crippen molar-refractivity contribution in [1.29, 1.82) is 0 Å². The highest BCUT2D eigenvalue weighted by Crippen LogP contribution is 2.36. The maximum absolute atomic E-state index is 14.6. The molecule has 0 aromatic carbocycles. The Labute approximate surface area is 166 Å². The average molecular weight is 410 g/mol. The van der Waals surface area contributed by atoms with Crippen molar-refractivity contribution in [2.24, 2.45) is 5.92 Å². The van der Waals surface area contributed by atoms with Gasteiger partial charge in [-0.1, -0.05) is 11.6 Å². The molecule has 5 rings (SSSR count). The predicted octanol–water partition coefficient (Wildman–Crippen LogP) is 3.23. The lowest BCUT2D eigenvalue weighted by Crippen LogP contribution is -2.46. The Hall–Kier alpha value is -1.80. The van der Waals surface area contributed by atoms with Gasteiger partial charge in [0, 0.05) is 37.3 Å². The molecule has 3 unspecified atom stereocenters. The Morgan fingerprint density at radius 3 is 2.89 bits per heavy atom. The number of hydrogen-bond acceptors (Lipinski definition) is 6. The average Bonchev–Trinajstić information content (AvgIpc) is 3.23. The minimum absolute atomic E-state index is 0.0416. The Morgan fingerprint density at radius 1 is 1.29 bits per heavy atom. The van der Waals surface area contributed by atoms with Gasteiger partial charge in [-0.15, -0.1) is 0 Å². The van der Waals surface area contributed by atoms with Gasteiger partial charge in [-0.3, -0.25) is 4.90 Å². The number of nitrogens with zero attached hydrogens (tertiary/aromatic N) is 5. The Bertz CT molecular complexity index is 916. The molecular weight excluding hydrogens is 388 g/mol. The van der Waals surface area contributed by atoms with E-state index in [-0.39, 0.29) is 35.2 Å². The summed E-state index contributed by atoms with van der Waals surface area (Å²) in [6.07, 6.45) is 3.73. The molecule has 5 heterocycles. The van der Waals surface area contributed by atoms with E-state index in [9.17, 15) is 8.78 Å². The fraction of sp³-hybridized carbons (Fsp3) is 0.632. The number of alkyl halides is 1. The first-order valence-corrected chi connectivity index (χ1v) is 10.2. The van der Waals surface area contributed by atoms with Crippen LogP contribution in [0.25, 0.3) is 10.9 Å². The molecule has 6 nitrogen and oxygen atoms in total. The van der Waals surface area contributed by atoms with Crippen molar-refractivity contribution in [2.75, 3.05) is 31.1 Å². The molecule has 0 spiro atoms. The summed E-state index contributed by atoms with van der Waals surface area (Å²) in [6.45, 7) is 4.51. The number of anilines is 1. The smallest absolute Gasteiger partial charge is 0.317 e. The molecule has 3 fully saturated rings. The SMILES string of the molecule is C[C@H]1CCN1c1nc(Cl)c(F)c2nc(OCC3C(F)CN4CCCC34)ncc12. The van der Waals surface area contributed by atoms with Crippen LogP contribution in [0, 0.1) is 11.7 Å². The molecule has 0 N–H and O–H groups in total. The minimum Gasteiger partial charge on any atom is -0.463 e. The number of halogens is 3. The van der Waals surface area contributed by atoms with Crippen LogP contribution in [0.2, 0.25) is 5.15 Å². The molecule has 3 aliphatic rings. The summed E-state index contributed by atoms with van der Waals surface area (Å²) in [5, 5.41) is 0.291. The van der Waals surface area contributed by atoms with Crippen molar-refractivity contribution in [3.63, 3.8) is 0 Å². The standard InChI is InChI=1S/C19H22ClF2N5O/c1-10-4-6-27(10)18-11-7-23-19(24-16(11)15(22)17(20)25-18)28-9-12-13(21)8-26-5-2-3-14(12)26/h7,10,12-14H,2-6,8-9H2,1H3/t10-,12?,13?,14?/m0/s1. The third-order valence-electron chi connectivity index (χ3n) is 6.38. The third kappa shape index (κ3) is 2.88. The van der Waals surface area contributed by atoms with E-state index in [1.54, 1.807) is 0 Å². The first kappa shape index (κ1) is 18.2. The number of aromatic nitrogens is 3. The van der Waals surface area contributed by atoms with Gasteiger partial charge in [0.25, 0.3) is 0 Å². The molecule has 0 aliphatic carbocycles. The van der Waals surface area contributed by atoms with Gasteiger partial charge in [0.05, 0.1) is 12.0 Å². The number of rotatable bonds is 4. The van der Waals surface area contributed by atoms with E-state index in [0.29, 0.717) is 23.8 Å². The molecule has 4 atom stereocenters. The summed E-state index contributed by atoms with van der Waals surface area (Å²) in [5.74, 6) is -0.301. The lowest BCUT2D eigenvalue weighted by atomic mass is 9.98. The summed E-state index contributed by atoms with van der Waals surface area (Å²) in [5.41, 5.74) is 0.0878. The zero-order valence-electron chi connectivity index (χ0n) is 15.6. The Kier molecular flexibility index (Phi) is 4.50. The number of pyridine rings is 1. The van der Waals surface area contributed by atoms with Crippen LogP contribution in [-0.2, 0) is 0 Å². The minimum atomic E-state index is -0.916. The van der Waals surface area contributed by atoms with Gasteiger partial charge in [0.2, 0.25) is 0 Å². The highest BCUT2D eigenvalue weighted by atomic mass is 35.5. The van der Waals surface area contributed by atoms with Gasteiger partial charge in [0.15, 0.2) is 11.0 Å². The van der Waals surface area contributed by atoms with Crippen LogP contribution >= 0.6 is 11.6 Å². The molecular formula is C19H22ClF2N5O. The monoisotopic (exact) mass is 409 g/mol. The van der Waals surface area contributed by atoms with Crippen molar-refractivity contribution in [3.8, 4) is 6.01 Å². The number of fused-ring (bicyclic) bond motifs is 2. The van der Waals surface area contributed by atoms with E-state index >= 15 is 0 Å². The van der Waals surface area contributed by atoms with Crippen LogP contribution in [0.3, 0.4) is 0 Å². The lowest BCUT2D eigenvalue weighted by Gasteiger charge is -2.40. The van der Waals surface area contributed by atoms with E-state index in [1.807, 2.05) is 0 Å². The topological polar surface area (TPSA) is 54.4 Å². The molecule has 0 amide bonds. The molecule has 9 heteroatoms. The zero-order chi connectivity index (χ0) is 19.4. The van der Waals surface area contributed by atoms with Gasteiger partial charge in [-0.2, -0.15) is 4.98 Å². The lowest BCUT2D eigenvalue weighted by molar-refractivity contribution is 0.157. The highest BCUT2D eigenvalue weighted by Gasteiger charge is 2.44. The predicted molar refractivity (Wildman–Crippen MR) is 102 cm³/mol. The van der Waals surface area contributed by atoms with Crippen molar-refractivity contribution < 1.29 is 13.5 Å².